The van der Waals surface area contributed by atoms with Crippen LogP contribution < -0.4 is 5.32 Å². The summed E-state index contributed by atoms with van der Waals surface area (Å²) < 4.78 is 0. The first-order valence-corrected chi connectivity index (χ1v) is 10.0. The van der Waals surface area contributed by atoms with Crippen molar-refractivity contribution >= 4 is 23.3 Å². The van der Waals surface area contributed by atoms with Crippen molar-refractivity contribution in [2.45, 2.75) is 57.4 Å². The molecule has 1 heterocycles. The van der Waals surface area contributed by atoms with Crippen LogP contribution in [-0.4, -0.2) is 17.2 Å². The van der Waals surface area contributed by atoms with E-state index < -0.39 is 11.5 Å². The zero-order valence-electron chi connectivity index (χ0n) is 15.8. The molecule has 2 aliphatic rings. The summed E-state index contributed by atoms with van der Waals surface area (Å²) in [4.78, 5) is 26.1. The zero-order chi connectivity index (χ0) is 19.2. The first-order chi connectivity index (χ1) is 12.9. The number of benzene rings is 2. The normalized spacial score (nSPS) is 21.5. The SMILES string of the molecule is Cc1cc(-c2ccc(Cl)cc2)cc(C)c1C1C(=O)NC2(CCCCC2)C1=O. The quantitative estimate of drug-likeness (QED) is 0.735. The van der Waals surface area contributed by atoms with Gasteiger partial charge >= 0.3 is 0 Å². The fourth-order valence-corrected chi connectivity index (χ4v) is 4.92. The first kappa shape index (κ1) is 18.2. The minimum absolute atomic E-state index is 0.0673. The van der Waals surface area contributed by atoms with Gasteiger partial charge in [-0.25, -0.2) is 0 Å². The predicted octanol–water partition coefficient (Wildman–Crippen LogP) is 5.11. The molecular formula is C23H24ClNO2. The van der Waals surface area contributed by atoms with Crippen LogP contribution in [0.1, 0.15) is 54.7 Å². The molecule has 3 nitrogen and oxygen atoms in total. The van der Waals surface area contributed by atoms with E-state index in [1.165, 1.54) is 0 Å². The molecule has 2 fully saturated rings. The summed E-state index contributed by atoms with van der Waals surface area (Å²) in [5, 5.41) is 3.77. The molecule has 0 aromatic heterocycles. The molecule has 0 bridgehead atoms. The second-order valence-electron chi connectivity index (χ2n) is 7.96. The number of amides is 1. The first-order valence-electron chi connectivity index (χ1n) is 9.65. The second-order valence-corrected chi connectivity index (χ2v) is 8.40. The van der Waals surface area contributed by atoms with Gasteiger partial charge in [-0.05, 0) is 66.6 Å². The van der Waals surface area contributed by atoms with E-state index in [-0.39, 0.29) is 11.7 Å². The molecule has 1 saturated carbocycles. The van der Waals surface area contributed by atoms with E-state index in [2.05, 4.69) is 17.4 Å². The number of nitrogens with one attached hydrogen (secondary N) is 1. The molecule has 4 rings (SSSR count). The highest BCUT2D eigenvalue weighted by Crippen LogP contribution is 2.41. The van der Waals surface area contributed by atoms with E-state index in [0.29, 0.717) is 5.02 Å². The molecule has 4 heteroatoms. The van der Waals surface area contributed by atoms with Crippen molar-refractivity contribution in [2.24, 2.45) is 0 Å². The number of rotatable bonds is 2. The van der Waals surface area contributed by atoms with Crippen molar-refractivity contribution in [1.82, 2.24) is 5.32 Å². The van der Waals surface area contributed by atoms with Crippen molar-refractivity contribution in [3.05, 3.63) is 58.1 Å². The lowest BCUT2D eigenvalue weighted by Gasteiger charge is -2.31. The Hall–Kier alpha value is -2.13. The number of hydrogen-bond donors (Lipinski definition) is 1. The van der Waals surface area contributed by atoms with Crippen LogP contribution in [0.2, 0.25) is 5.02 Å². The summed E-state index contributed by atoms with van der Waals surface area (Å²) >= 11 is 5.99. The van der Waals surface area contributed by atoms with Gasteiger partial charge in [-0.1, -0.05) is 55.1 Å². The highest BCUT2D eigenvalue weighted by molar-refractivity contribution is 6.30. The van der Waals surface area contributed by atoms with Gasteiger partial charge < -0.3 is 5.32 Å². The number of Topliss-reactive ketones (excluding diaryl/α,β-unsaturated/α-hetero) is 1. The Labute approximate surface area is 165 Å². The van der Waals surface area contributed by atoms with Crippen molar-refractivity contribution in [2.75, 3.05) is 0 Å². The second kappa shape index (κ2) is 6.79. The molecule has 27 heavy (non-hydrogen) atoms. The van der Waals surface area contributed by atoms with Gasteiger partial charge in [-0.15, -0.1) is 0 Å². The molecule has 2 aromatic rings. The highest BCUT2D eigenvalue weighted by atomic mass is 35.5. The molecule has 1 aliphatic heterocycles. The van der Waals surface area contributed by atoms with Crippen molar-refractivity contribution in [3.8, 4) is 11.1 Å². The number of aryl methyl sites for hydroxylation is 2. The van der Waals surface area contributed by atoms with Gasteiger partial charge in [-0.3, -0.25) is 9.59 Å². The average Bonchev–Trinajstić information content (AvgIpc) is 2.86. The Kier molecular flexibility index (Phi) is 4.59. The molecule has 0 radical (unpaired) electrons. The average molecular weight is 382 g/mol. The summed E-state index contributed by atoms with van der Waals surface area (Å²) in [7, 11) is 0. The Morgan fingerprint density at radius 1 is 0.926 bits per heavy atom. The van der Waals surface area contributed by atoms with Crippen molar-refractivity contribution in [3.63, 3.8) is 0 Å². The van der Waals surface area contributed by atoms with Crippen LogP contribution >= 0.6 is 11.6 Å². The number of carbonyl (C=O) groups is 2. The molecule has 1 amide bonds. The van der Waals surface area contributed by atoms with Crippen LogP contribution in [0, 0.1) is 13.8 Å². The lowest BCUT2D eigenvalue weighted by Crippen LogP contribution is -2.47. The fraction of sp³-hybridized carbons (Fsp3) is 0.391. The lowest BCUT2D eigenvalue weighted by molar-refractivity contribution is -0.125. The van der Waals surface area contributed by atoms with Crippen molar-refractivity contribution in [1.29, 1.82) is 0 Å². The highest BCUT2D eigenvalue weighted by Gasteiger charge is 2.53. The van der Waals surface area contributed by atoms with Crippen LogP contribution in [-0.2, 0) is 9.59 Å². The smallest absolute Gasteiger partial charge is 0.235 e. The predicted molar refractivity (Wildman–Crippen MR) is 108 cm³/mol. The maximum absolute atomic E-state index is 13.3. The van der Waals surface area contributed by atoms with Crippen LogP contribution in [0.4, 0.5) is 0 Å². The van der Waals surface area contributed by atoms with E-state index in [0.717, 1.165) is 59.9 Å². The molecule has 1 spiro atoms. The standard InChI is InChI=1S/C23H24ClNO2/c1-14-12-17(16-6-8-18(24)9-7-16)13-15(2)19(14)20-21(26)23(25-22(20)27)10-4-3-5-11-23/h6-9,12-13,20H,3-5,10-11H2,1-2H3,(H,25,27). The number of halogens is 1. The minimum Gasteiger partial charge on any atom is -0.343 e. The van der Waals surface area contributed by atoms with E-state index in [4.69, 9.17) is 11.6 Å². The monoisotopic (exact) mass is 381 g/mol. The minimum atomic E-state index is -0.678. The Bertz CT molecular complexity index is 887. The molecular weight excluding hydrogens is 358 g/mol. The van der Waals surface area contributed by atoms with Crippen LogP contribution in [0.5, 0.6) is 0 Å². The molecule has 1 atom stereocenters. The van der Waals surface area contributed by atoms with Crippen LogP contribution in [0.3, 0.4) is 0 Å². The molecule has 140 valence electrons. The molecule has 2 aromatic carbocycles. The van der Waals surface area contributed by atoms with Crippen LogP contribution in [0.15, 0.2) is 36.4 Å². The molecule has 1 saturated heterocycles. The third-order valence-electron chi connectivity index (χ3n) is 6.13. The summed E-state index contributed by atoms with van der Waals surface area (Å²) in [6, 6.07) is 11.9. The topological polar surface area (TPSA) is 46.2 Å². The van der Waals surface area contributed by atoms with Gasteiger partial charge in [0, 0.05) is 5.02 Å². The third-order valence-corrected chi connectivity index (χ3v) is 6.38. The zero-order valence-corrected chi connectivity index (χ0v) is 16.5. The van der Waals surface area contributed by atoms with Crippen LogP contribution in [0.25, 0.3) is 11.1 Å². The number of carbonyl (C=O) groups excluding carboxylic acids is 2. The molecule has 1 unspecified atom stereocenters. The lowest BCUT2D eigenvalue weighted by atomic mass is 9.75. The number of ketones is 1. The van der Waals surface area contributed by atoms with Gasteiger partial charge in [0.2, 0.25) is 5.91 Å². The largest absolute Gasteiger partial charge is 0.343 e. The van der Waals surface area contributed by atoms with Gasteiger partial charge in [0.25, 0.3) is 0 Å². The summed E-state index contributed by atoms with van der Waals surface area (Å²) in [6.45, 7) is 3.99. The van der Waals surface area contributed by atoms with E-state index >= 15 is 0 Å². The fourth-order valence-electron chi connectivity index (χ4n) is 4.79. The summed E-state index contributed by atoms with van der Waals surface area (Å²) in [5.74, 6) is -0.743. The van der Waals surface area contributed by atoms with E-state index in [1.54, 1.807) is 0 Å². The van der Waals surface area contributed by atoms with E-state index in [1.807, 2.05) is 38.1 Å². The number of hydrogen-bond acceptors (Lipinski definition) is 2. The summed E-state index contributed by atoms with van der Waals surface area (Å²) in [5.41, 5.74) is 4.36. The Morgan fingerprint density at radius 3 is 2.11 bits per heavy atom. The van der Waals surface area contributed by atoms with Gasteiger partial charge in [0.05, 0.1) is 5.54 Å². The summed E-state index contributed by atoms with van der Waals surface area (Å²) in [6.07, 6.45) is 4.70. The molecule has 1 aliphatic carbocycles. The molecule has 1 N–H and O–H groups in total. The van der Waals surface area contributed by atoms with Crippen molar-refractivity contribution < 1.29 is 9.59 Å². The Balaban J connectivity index is 1.73. The van der Waals surface area contributed by atoms with Gasteiger partial charge in [0.1, 0.15) is 5.92 Å². The Morgan fingerprint density at radius 2 is 1.52 bits per heavy atom. The van der Waals surface area contributed by atoms with E-state index in [9.17, 15) is 9.59 Å². The third kappa shape index (κ3) is 3.08. The van der Waals surface area contributed by atoms with Gasteiger partial charge in [0.15, 0.2) is 5.78 Å². The van der Waals surface area contributed by atoms with Gasteiger partial charge in [-0.2, -0.15) is 0 Å². The maximum atomic E-state index is 13.3. The maximum Gasteiger partial charge on any atom is 0.235 e.